The average Bonchev–Trinajstić information content (AvgIpc) is 3.02. The van der Waals surface area contributed by atoms with E-state index in [0.717, 1.165) is 59.9 Å². The van der Waals surface area contributed by atoms with Crippen LogP contribution in [-0.4, -0.2) is 14.7 Å². The van der Waals surface area contributed by atoms with Crippen LogP contribution in [0.3, 0.4) is 0 Å². The van der Waals surface area contributed by atoms with Gasteiger partial charge in [-0.2, -0.15) is 14.7 Å². The molecule has 4 heteroatoms. The lowest BCUT2D eigenvalue weighted by molar-refractivity contribution is 0.345. The van der Waals surface area contributed by atoms with Crippen LogP contribution in [0.2, 0.25) is 0 Å². The van der Waals surface area contributed by atoms with Gasteiger partial charge in [0.1, 0.15) is 0 Å². The predicted molar refractivity (Wildman–Crippen MR) is 207 cm³/mol. The lowest BCUT2D eigenvalue weighted by Gasteiger charge is -2.36. The first-order chi connectivity index (χ1) is 21.5. The third-order valence-electron chi connectivity index (χ3n) is 12.2. The van der Waals surface area contributed by atoms with E-state index in [2.05, 4.69) is 140 Å². The molecule has 3 nitrogen and oxygen atoms in total. The van der Waals surface area contributed by atoms with Crippen molar-refractivity contribution in [2.24, 2.45) is 0 Å². The van der Waals surface area contributed by atoms with Crippen molar-refractivity contribution < 1.29 is 14.7 Å². The molecule has 0 fully saturated rings. The molecule has 3 rings (SSSR count). The fourth-order valence-electron chi connectivity index (χ4n) is 6.50. The molecular formula is C43H66O3P+. The van der Waals surface area contributed by atoms with Gasteiger partial charge >= 0.3 is 7.94 Å². The van der Waals surface area contributed by atoms with Gasteiger partial charge in [0.05, 0.1) is 0 Å². The minimum Gasteiger partial charge on any atom is -0.189 e. The Bertz CT molecular complexity index is 1570. The second-order valence-electron chi connectivity index (χ2n) is 17.2. The molecule has 0 saturated heterocycles. The molecule has 0 aliphatic rings. The lowest BCUT2D eigenvalue weighted by Crippen LogP contribution is -2.30. The van der Waals surface area contributed by atoms with Gasteiger partial charge in [-0.15, -0.1) is 0 Å². The fraction of sp³-hybridized carbons (Fsp3) is 0.581. The maximum absolute atomic E-state index is 11.0. The Morgan fingerprint density at radius 2 is 0.809 bits per heavy atom. The highest BCUT2D eigenvalue weighted by molar-refractivity contribution is 7.66. The van der Waals surface area contributed by atoms with Crippen molar-refractivity contribution in [1.82, 2.24) is 0 Å². The van der Waals surface area contributed by atoms with E-state index >= 15 is 0 Å². The van der Waals surface area contributed by atoms with Crippen LogP contribution in [0.1, 0.15) is 164 Å². The van der Waals surface area contributed by atoms with Gasteiger partial charge in [0.25, 0.3) is 0 Å². The van der Waals surface area contributed by atoms with Crippen LogP contribution in [0.5, 0.6) is 0 Å². The molecule has 3 aromatic rings. The van der Waals surface area contributed by atoms with Crippen molar-refractivity contribution in [3.8, 4) is 22.3 Å². The third kappa shape index (κ3) is 7.75. The molecule has 0 bridgehead atoms. The van der Waals surface area contributed by atoms with E-state index in [-0.39, 0.29) is 27.0 Å². The second-order valence-corrected chi connectivity index (χ2v) is 18.8. The highest BCUT2D eigenvalue weighted by Gasteiger charge is 2.44. The Morgan fingerprint density at radius 3 is 1.19 bits per heavy atom. The minimum absolute atomic E-state index is 0.00944. The van der Waals surface area contributed by atoms with Crippen LogP contribution in [0, 0.1) is 0 Å². The molecule has 0 unspecified atom stereocenters. The van der Waals surface area contributed by atoms with Gasteiger partial charge in [-0.1, -0.05) is 140 Å². The number of rotatable bonds is 13. The molecule has 0 saturated carbocycles. The molecule has 3 N–H and O–H groups in total. The van der Waals surface area contributed by atoms with E-state index < -0.39 is 13.4 Å². The largest absolute Gasteiger partial charge is 0.441 e. The topological polar surface area (TPSA) is 60.7 Å². The normalized spacial score (nSPS) is 13.7. The Hall–Kier alpha value is -2.03. The number of hydrogen-bond donors (Lipinski definition) is 3. The third-order valence-corrected chi connectivity index (χ3v) is 13.2. The van der Waals surface area contributed by atoms with Gasteiger partial charge in [0.2, 0.25) is 0 Å². The summed E-state index contributed by atoms with van der Waals surface area (Å²) in [5.74, 6) is 0. The zero-order valence-electron chi connectivity index (χ0n) is 32.4. The SMILES string of the molecule is CCC(C)(C)c1ccc(-c2ccc([P+](O)(O)O)c(C(C)(C)CC)c2-c2ccc(C(C)(C)CC)cc2C(C)(C)CC)c(C(C)(C)CC)c1. The first-order valence-electron chi connectivity index (χ1n) is 18.0. The quantitative estimate of drug-likeness (QED) is 0.160. The smallest absolute Gasteiger partial charge is 0.189 e. The van der Waals surface area contributed by atoms with Crippen molar-refractivity contribution in [2.75, 3.05) is 0 Å². The summed E-state index contributed by atoms with van der Waals surface area (Å²) in [7, 11) is -4.36. The van der Waals surface area contributed by atoms with Gasteiger partial charge in [-0.05, 0) is 116 Å². The van der Waals surface area contributed by atoms with Gasteiger partial charge in [0.15, 0.2) is 5.30 Å². The highest BCUT2D eigenvalue weighted by atomic mass is 31.2. The van der Waals surface area contributed by atoms with E-state index in [1.807, 2.05) is 6.07 Å². The van der Waals surface area contributed by atoms with Crippen molar-refractivity contribution in [3.63, 3.8) is 0 Å². The van der Waals surface area contributed by atoms with Gasteiger partial charge in [-0.3, -0.25) is 0 Å². The van der Waals surface area contributed by atoms with Crippen LogP contribution in [0.4, 0.5) is 0 Å². The van der Waals surface area contributed by atoms with Gasteiger partial charge in [0, 0.05) is 5.56 Å². The first-order valence-corrected chi connectivity index (χ1v) is 19.7. The van der Waals surface area contributed by atoms with Crippen molar-refractivity contribution >= 4 is 13.2 Å². The summed E-state index contributed by atoms with van der Waals surface area (Å²) in [6.45, 7) is 34.0. The van der Waals surface area contributed by atoms with Gasteiger partial charge in [-0.25, -0.2) is 0 Å². The molecular weight excluding hydrogens is 595 g/mol. The summed E-state index contributed by atoms with van der Waals surface area (Å²) < 4.78 is 0. The number of benzene rings is 3. The molecule has 0 heterocycles. The van der Waals surface area contributed by atoms with E-state index in [0.29, 0.717) is 0 Å². The van der Waals surface area contributed by atoms with E-state index in [4.69, 9.17) is 0 Å². The molecule has 0 spiro atoms. The summed E-state index contributed by atoms with van der Waals surface area (Å²) in [6, 6.07) is 17.8. The Balaban J connectivity index is 2.74. The summed E-state index contributed by atoms with van der Waals surface area (Å²) in [4.78, 5) is 33.1. The molecule has 0 atom stereocenters. The van der Waals surface area contributed by atoms with E-state index in [1.54, 1.807) is 6.07 Å². The zero-order chi connectivity index (χ0) is 36.0. The number of hydrogen-bond acceptors (Lipinski definition) is 3. The molecule has 0 amide bonds. The fourth-order valence-corrected chi connectivity index (χ4v) is 7.49. The molecule has 0 aliphatic carbocycles. The highest BCUT2D eigenvalue weighted by Crippen LogP contribution is 2.53. The monoisotopic (exact) mass is 661 g/mol. The maximum Gasteiger partial charge on any atom is 0.441 e. The molecule has 3 aromatic carbocycles. The van der Waals surface area contributed by atoms with E-state index in [9.17, 15) is 14.7 Å². The first kappa shape index (κ1) is 39.4. The minimum atomic E-state index is -4.36. The summed E-state index contributed by atoms with van der Waals surface area (Å²) in [5, 5.41) is 0.251. The van der Waals surface area contributed by atoms with Crippen LogP contribution in [0.15, 0.2) is 48.5 Å². The van der Waals surface area contributed by atoms with Crippen molar-refractivity contribution in [1.29, 1.82) is 0 Å². The molecule has 47 heavy (non-hydrogen) atoms. The van der Waals surface area contributed by atoms with Crippen molar-refractivity contribution in [3.05, 3.63) is 76.3 Å². The average molecular weight is 662 g/mol. The Labute approximate surface area is 288 Å². The summed E-state index contributed by atoms with van der Waals surface area (Å²) >= 11 is 0. The molecule has 0 radical (unpaired) electrons. The maximum atomic E-state index is 11.0. The predicted octanol–water partition coefficient (Wildman–Crippen LogP) is 11.8. The van der Waals surface area contributed by atoms with Crippen LogP contribution < -0.4 is 5.30 Å². The summed E-state index contributed by atoms with van der Waals surface area (Å²) in [6.07, 6.45) is 4.75. The van der Waals surface area contributed by atoms with Crippen LogP contribution in [-0.2, 0) is 27.1 Å². The molecule has 0 aliphatic heterocycles. The Kier molecular flexibility index (Phi) is 11.5. The molecule has 0 aromatic heterocycles. The Morgan fingerprint density at radius 1 is 0.447 bits per heavy atom. The lowest BCUT2D eigenvalue weighted by atomic mass is 9.69. The van der Waals surface area contributed by atoms with Crippen LogP contribution >= 0.6 is 7.94 Å². The second kappa shape index (κ2) is 13.7. The van der Waals surface area contributed by atoms with Crippen LogP contribution in [0.25, 0.3) is 22.3 Å². The standard InChI is InChI=1S/C43H66O3P/c1-16-39(6,7)29-21-23-31(34(27-29)41(10,11)18-3)32-25-26-36(47(44,45)46)38(43(14,15)20-5)37(32)33-24-22-30(40(8,9)17-2)28-35(33)42(12,13)19-4/h21-28,44-46H,16-20H2,1-15H3/q+1. The zero-order valence-corrected chi connectivity index (χ0v) is 33.3. The molecule has 260 valence electrons. The van der Waals surface area contributed by atoms with E-state index in [1.165, 1.54) is 22.3 Å². The summed E-state index contributed by atoms with van der Waals surface area (Å²) in [5.41, 5.74) is 9.69. The van der Waals surface area contributed by atoms with Crippen molar-refractivity contribution in [2.45, 2.75) is 163 Å². The van der Waals surface area contributed by atoms with Gasteiger partial charge < -0.3 is 0 Å².